The predicted octanol–water partition coefficient (Wildman–Crippen LogP) is -0.123. The number of thioether (sulfide) groups is 1. The van der Waals surface area contributed by atoms with Crippen molar-refractivity contribution < 1.29 is 4.79 Å². The fourth-order valence-electron chi connectivity index (χ4n) is 0.712. The Hall–Kier alpha value is -0.0200. The quantitative estimate of drug-likeness (QED) is 0.539. The second-order valence-electron chi connectivity index (χ2n) is 1.91. The van der Waals surface area contributed by atoms with Crippen molar-refractivity contribution in [2.75, 3.05) is 18.1 Å². The molecule has 8 heavy (non-hydrogen) atoms. The number of hydrogen-bond acceptors (Lipinski definition) is 3. The minimum atomic E-state index is 0.167. The second kappa shape index (κ2) is 2.51. The Kier molecular flexibility index (Phi) is 1.91. The molecular weight excluding hydrogens is 122 g/mol. The molecule has 0 radical (unpaired) electrons. The van der Waals surface area contributed by atoms with Gasteiger partial charge in [0, 0.05) is 18.2 Å². The molecule has 1 atom stereocenters. The largest absolute Gasteiger partial charge is 0.330 e. The van der Waals surface area contributed by atoms with E-state index in [4.69, 9.17) is 5.73 Å². The van der Waals surface area contributed by atoms with Crippen LogP contribution in [0.1, 0.15) is 0 Å². The van der Waals surface area contributed by atoms with Crippen LogP contribution in [0.5, 0.6) is 0 Å². The van der Waals surface area contributed by atoms with Gasteiger partial charge < -0.3 is 5.73 Å². The van der Waals surface area contributed by atoms with Gasteiger partial charge in [0.2, 0.25) is 0 Å². The number of ketones is 1. The molecule has 0 amide bonds. The summed E-state index contributed by atoms with van der Waals surface area (Å²) in [6, 6.07) is 0. The molecule has 46 valence electrons. The molecule has 1 heterocycles. The summed E-state index contributed by atoms with van der Waals surface area (Å²) in [4.78, 5) is 10.7. The first-order chi connectivity index (χ1) is 3.84. The zero-order valence-corrected chi connectivity index (χ0v) is 5.41. The maximum atomic E-state index is 10.7. The fourth-order valence-corrected chi connectivity index (χ4v) is 1.87. The Morgan fingerprint density at radius 1 is 1.88 bits per heavy atom. The normalized spacial score (nSPS) is 29.1. The lowest BCUT2D eigenvalue weighted by atomic mass is 10.1. The summed E-state index contributed by atoms with van der Waals surface area (Å²) in [6.45, 7) is 0.534. The van der Waals surface area contributed by atoms with Crippen LogP contribution in [0.15, 0.2) is 0 Å². The van der Waals surface area contributed by atoms with Crippen LogP contribution in [0.25, 0.3) is 0 Å². The lowest BCUT2D eigenvalue weighted by molar-refractivity contribution is -0.118. The highest BCUT2D eigenvalue weighted by molar-refractivity contribution is 8.00. The van der Waals surface area contributed by atoms with Crippen molar-refractivity contribution in [1.29, 1.82) is 0 Å². The van der Waals surface area contributed by atoms with E-state index in [1.165, 1.54) is 0 Å². The van der Waals surface area contributed by atoms with Crippen LogP contribution in [-0.4, -0.2) is 23.8 Å². The van der Waals surface area contributed by atoms with E-state index in [9.17, 15) is 4.79 Å². The summed E-state index contributed by atoms with van der Waals surface area (Å²) >= 11 is 1.69. The Morgan fingerprint density at radius 2 is 2.62 bits per heavy atom. The molecule has 2 nitrogen and oxygen atoms in total. The molecule has 3 heteroatoms. The summed E-state index contributed by atoms with van der Waals surface area (Å²) in [5.74, 6) is 2.12. The molecule has 1 unspecified atom stereocenters. The molecule has 1 fully saturated rings. The van der Waals surface area contributed by atoms with Crippen LogP contribution in [0, 0.1) is 5.92 Å². The third kappa shape index (κ3) is 1.03. The van der Waals surface area contributed by atoms with Crippen LogP contribution in [0.2, 0.25) is 0 Å². The first kappa shape index (κ1) is 6.11. The number of hydrogen-bond donors (Lipinski definition) is 1. The predicted molar refractivity (Wildman–Crippen MR) is 34.9 cm³/mol. The van der Waals surface area contributed by atoms with Crippen molar-refractivity contribution in [1.82, 2.24) is 0 Å². The van der Waals surface area contributed by atoms with Crippen LogP contribution in [0.4, 0.5) is 0 Å². The Balaban J connectivity index is 2.42. The van der Waals surface area contributed by atoms with Crippen molar-refractivity contribution in [2.24, 2.45) is 11.7 Å². The van der Waals surface area contributed by atoms with Crippen molar-refractivity contribution in [3.63, 3.8) is 0 Å². The molecule has 0 aromatic heterocycles. The van der Waals surface area contributed by atoms with Crippen molar-refractivity contribution in [2.45, 2.75) is 0 Å². The topological polar surface area (TPSA) is 43.1 Å². The fraction of sp³-hybridized carbons (Fsp3) is 0.800. The van der Waals surface area contributed by atoms with Crippen molar-refractivity contribution >= 4 is 17.5 Å². The van der Waals surface area contributed by atoms with E-state index in [0.29, 0.717) is 18.1 Å². The van der Waals surface area contributed by atoms with Gasteiger partial charge in [-0.2, -0.15) is 11.8 Å². The number of carbonyl (C=O) groups excluding carboxylic acids is 1. The van der Waals surface area contributed by atoms with Gasteiger partial charge in [0.25, 0.3) is 0 Å². The van der Waals surface area contributed by atoms with Gasteiger partial charge in [0.15, 0.2) is 0 Å². The maximum absolute atomic E-state index is 10.7. The minimum Gasteiger partial charge on any atom is -0.330 e. The van der Waals surface area contributed by atoms with Gasteiger partial charge in [0.1, 0.15) is 5.78 Å². The third-order valence-electron chi connectivity index (χ3n) is 1.30. The molecule has 1 aliphatic heterocycles. The van der Waals surface area contributed by atoms with Gasteiger partial charge in [-0.25, -0.2) is 0 Å². The molecule has 1 saturated heterocycles. The molecule has 0 aromatic rings. The highest BCUT2D eigenvalue weighted by Gasteiger charge is 2.22. The molecule has 1 rings (SSSR count). The zero-order chi connectivity index (χ0) is 5.98. The standard InChI is InChI=1S/C5H9NOS/c6-1-4-2-8-3-5(4)7/h4H,1-3,6H2. The smallest absolute Gasteiger partial charge is 0.147 e. The molecule has 2 N–H and O–H groups in total. The van der Waals surface area contributed by atoms with Gasteiger partial charge in [0.05, 0.1) is 5.75 Å². The van der Waals surface area contributed by atoms with Gasteiger partial charge in [-0.15, -0.1) is 0 Å². The molecule has 0 saturated carbocycles. The average Bonchev–Trinajstić information content (AvgIpc) is 2.14. The van der Waals surface area contributed by atoms with Gasteiger partial charge in [-0.05, 0) is 0 Å². The van der Waals surface area contributed by atoms with E-state index in [-0.39, 0.29) is 5.92 Å². The molecule has 0 aromatic carbocycles. The van der Waals surface area contributed by atoms with Gasteiger partial charge in [-0.1, -0.05) is 0 Å². The van der Waals surface area contributed by atoms with E-state index >= 15 is 0 Å². The maximum Gasteiger partial charge on any atom is 0.147 e. The SMILES string of the molecule is NCC1CSCC1=O. The van der Waals surface area contributed by atoms with Crippen LogP contribution >= 0.6 is 11.8 Å². The van der Waals surface area contributed by atoms with Crippen molar-refractivity contribution in [3.8, 4) is 0 Å². The van der Waals surface area contributed by atoms with E-state index in [1.807, 2.05) is 0 Å². The third-order valence-corrected chi connectivity index (χ3v) is 2.43. The van der Waals surface area contributed by atoms with E-state index < -0.39 is 0 Å². The van der Waals surface area contributed by atoms with E-state index in [1.54, 1.807) is 11.8 Å². The zero-order valence-electron chi connectivity index (χ0n) is 4.59. The number of Topliss-reactive ketones (excluding diaryl/α,β-unsaturated/α-hetero) is 1. The second-order valence-corrected chi connectivity index (χ2v) is 2.94. The summed E-state index contributed by atoms with van der Waals surface area (Å²) in [7, 11) is 0. The Bertz CT molecular complexity index is 105. The van der Waals surface area contributed by atoms with Crippen molar-refractivity contribution in [3.05, 3.63) is 0 Å². The molecule has 0 spiro atoms. The summed E-state index contributed by atoms with van der Waals surface area (Å²) in [6.07, 6.45) is 0. The Labute approximate surface area is 52.8 Å². The van der Waals surface area contributed by atoms with Crippen LogP contribution in [0.3, 0.4) is 0 Å². The Morgan fingerprint density at radius 3 is 2.88 bits per heavy atom. The van der Waals surface area contributed by atoms with Crippen LogP contribution < -0.4 is 5.73 Å². The molecule has 0 bridgehead atoms. The molecular formula is C5H9NOS. The summed E-state index contributed by atoms with van der Waals surface area (Å²) < 4.78 is 0. The van der Waals surface area contributed by atoms with E-state index in [2.05, 4.69) is 0 Å². The highest BCUT2D eigenvalue weighted by atomic mass is 32.2. The lowest BCUT2D eigenvalue weighted by Crippen LogP contribution is -2.21. The average molecular weight is 131 g/mol. The monoisotopic (exact) mass is 131 g/mol. The number of carbonyl (C=O) groups is 1. The van der Waals surface area contributed by atoms with Gasteiger partial charge in [-0.3, -0.25) is 4.79 Å². The van der Waals surface area contributed by atoms with Crippen LogP contribution in [-0.2, 0) is 4.79 Å². The molecule has 0 aliphatic carbocycles. The summed E-state index contributed by atoms with van der Waals surface area (Å²) in [5.41, 5.74) is 5.29. The molecule has 1 aliphatic rings. The van der Waals surface area contributed by atoms with E-state index in [0.717, 1.165) is 5.75 Å². The first-order valence-electron chi connectivity index (χ1n) is 2.65. The minimum absolute atomic E-state index is 0.167. The number of nitrogens with two attached hydrogens (primary N) is 1. The number of rotatable bonds is 1. The summed E-state index contributed by atoms with van der Waals surface area (Å²) in [5, 5.41) is 0. The van der Waals surface area contributed by atoms with Gasteiger partial charge >= 0.3 is 0 Å². The lowest BCUT2D eigenvalue weighted by Gasteiger charge is -1.97. The highest BCUT2D eigenvalue weighted by Crippen LogP contribution is 2.18. The first-order valence-corrected chi connectivity index (χ1v) is 3.80.